The Labute approximate surface area is 43.8 Å². The monoisotopic (exact) mass is 104 g/mol. The Hall–Kier alpha value is -0.370. The molecule has 0 rings (SSSR count). The van der Waals surface area contributed by atoms with Crippen LogP contribution in [0.2, 0.25) is 0 Å². The molecule has 0 aromatic rings. The second-order valence-electron chi connectivity index (χ2n) is 1.80. The van der Waals surface area contributed by atoms with E-state index in [2.05, 4.69) is 0 Å². The van der Waals surface area contributed by atoms with Crippen LogP contribution in [0.4, 0.5) is 0 Å². The fourth-order valence-corrected chi connectivity index (χ4v) is 0.192. The van der Waals surface area contributed by atoms with Crippen LogP contribution >= 0.6 is 0 Å². The maximum absolute atomic E-state index is 9.62. The van der Waals surface area contributed by atoms with E-state index in [0.29, 0.717) is 12.3 Å². The third-order valence-electron chi connectivity index (χ3n) is 0.568. The lowest BCUT2D eigenvalue weighted by molar-refractivity contribution is -0.108. The van der Waals surface area contributed by atoms with Crippen molar-refractivity contribution in [2.45, 2.75) is 20.3 Å². The highest BCUT2D eigenvalue weighted by atomic mass is 16.1. The van der Waals surface area contributed by atoms with Crippen LogP contribution in [0.5, 0.6) is 0 Å². The third kappa shape index (κ3) is 10.7. The lowest BCUT2D eigenvalue weighted by Crippen LogP contribution is -1.84. The summed E-state index contributed by atoms with van der Waals surface area (Å²) in [6, 6.07) is 0. The van der Waals surface area contributed by atoms with E-state index in [0.717, 1.165) is 6.29 Å². The average molecular weight is 104 g/mol. The molecular formula is C5H12O2. The Morgan fingerprint density at radius 2 is 2.00 bits per heavy atom. The van der Waals surface area contributed by atoms with E-state index in [1.807, 2.05) is 13.8 Å². The zero-order chi connectivity index (χ0) is 4.99. The van der Waals surface area contributed by atoms with Crippen molar-refractivity contribution in [1.29, 1.82) is 0 Å². The van der Waals surface area contributed by atoms with Crippen LogP contribution in [0.3, 0.4) is 0 Å². The molecule has 2 N–H and O–H groups in total. The number of aldehydes is 1. The van der Waals surface area contributed by atoms with Crippen molar-refractivity contribution in [2.24, 2.45) is 5.92 Å². The van der Waals surface area contributed by atoms with E-state index >= 15 is 0 Å². The van der Waals surface area contributed by atoms with Gasteiger partial charge in [0.25, 0.3) is 0 Å². The highest BCUT2D eigenvalue weighted by Gasteiger charge is 1.85. The Bertz CT molecular complexity index is 41.3. The molecule has 0 unspecified atom stereocenters. The fourth-order valence-electron chi connectivity index (χ4n) is 0.192. The molecule has 0 aromatic carbocycles. The first-order valence-corrected chi connectivity index (χ1v) is 2.21. The van der Waals surface area contributed by atoms with Gasteiger partial charge in [0.2, 0.25) is 0 Å². The highest BCUT2D eigenvalue weighted by Crippen LogP contribution is 1.92. The summed E-state index contributed by atoms with van der Waals surface area (Å²) < 4.78 is 0. The first-order valence-electron chi connectivity index (χ1n) is 2.21. The summed E-state index contributed by atoms with van der Waals surface area (Å²) in [5.74, 6) is 0.530. The third-order valence-corrected chi connectivity index (χ3v) is 0.568. The van der Waals surface area contributed by atoms with Gasteiger partial charge in [-0.15, -0.1) is 0 Å². The summed E-state index contributed by atoms with van der Waals surface area (Å²) in [5.41, 5.74) is 0. The normalized spacial score (nSPS) is 7.86. The van der Waals surface area contributed by atoms with E-state index in [9.17, 15) is 4.79 Å². The summed E-state index contributed by atoms with van der Waals surface area (Å²) in [7, 11) is 0. The van der Waals surface area contributed by atoms with Crippen LogP contribution in [0.1, 0.15) is 20.3 Å². The van der Waals surface area contributed by atoms with Crippen molar-refractivity contribution in [3.8, 4) is 0 Å². The Kier molecular flexibility index (Phi) is 7.88. The van der Waals surface area contributed by atoms with Crippen LogP contribution in [-0.2, 0) is 4.79 Å². The van der Waals surface area contributed by atoms with Crippen molar-refractivity contribution < 1.29 is 10.3 Å². The van der Waals surface area contributed by atoms with E-state index in [1.54, 1.807) is 0 Å². The molecule has 0 atom stereocenters. The minimum Gasteiger partial charge on any atom is -0.412 e. The summed E-state index contributed by atoms with van der Waals surface area (Å²) >= 11 is 0. The Balaban J connectivity index is 0. The maximum Gasteiger partial charge on any atom is 0.120 e. The molecule has 0 amide bonds. The van der Waals surface area contributed by atoms with E-state index in [1.165, 1.54) is 0 Å². The molecule has 2 nitrogen and oxygen atoms in total. The minimum absolute atomic E-state index is 0. The van der Waals surface area contributed by atoms with Crippen molar-refractivity contribution in [3.63, 3.8) is 0 Å². The molecule has 0 fully saturated rings. The number of hydrogen-bond donors (Lipinski definition) is 0. The van der Waals surface area contributed by atoms with E-state index < -0.39 is 0 Å². The number of carbonyl (C=O) groups excluding carboxylic acids is 1. The van der Waals surface area contributed by atoms with Gasteiger partial charge in [-0.25, -0.2) is 0 Å². The lowest BCUT2D eigenvalue weighted by atomic mass is 10.2. The summed E-state index contributed by atoms with van der Waals surface area (Å²) in [4.78, 5) is 9.62. The maximum atomic E-state index is 9.62. The largest absolute Gasteiger partial charge is 0.412 e. The molecule has 0 saturated carbocycles. The molecule has 0 aliphatic rings. The van der Waals surface area contributed by atoms with Crippen molar-refractivity contribution >= 4 is 6.29 Å². The number of carbonyl (C=O) groups is 1. The molecule has 0 aliphatic carbocycles. The molecule has 0 heterocycles. The predicted molar refractivity (Wildman–Crippen MR) is 29.1 cm³/mol. The molecule has 2 heteroatoms. The summed E-state index contributed by atoms with van der Waals surface area (Å²) in [6.45, 7) is 4.04. The smallest absolute Gasteiger partial charge is 0.120 e. The molecule has 44 valence electrons. The van der Waals surface area contributed by atoms with Gasteiger partial charge >= 0.3 is 0 Å². The SMILES string of the molecule is CC(C)CC=O.O. The predicted octanol–water partition coefficient (Wildman–Crippen LogP) is 0.407. The molecule has 0 aromatic heterocycles. The fraction of sp³-hybridized carbons (Fsp3) is 0.800. The Morgan fingerprint density at radius 3 is 2.00 bits per heavy atom. The van der Waals surface area contributed by atoms with Crippen molar-refractivity contribution in [3.05, 3.63) is 0 Å². The van der Waals surface area contributed by atoms with E-state index in [4.69, 9.17) is 0 Å². The molecule has 7 heavy (non-hydrogen) atoms. The second kappa shape index (κ2) is 5.63. The average Bonchev–Trinajstić information content (AvgIpc) is 1.35. The zero-order valence-electron chi connectivity index (χ0n) is 4.77. The highest BCUT2D eigenvalue weighted by molar-refractivity contribution is 5.49. The van der Waals surface area contributed by atoms with Gasteiger partial charge in [0.1, 0.15) is 6.29 Å². The molecular weight excluding hydrogens is 92.1 g/mol. The van der Waals surface area contributed by atoms with Gasteiger partial charge in [0.05, 0.1) is 0 Å². The topological polar surface area (TPSA) is 48.6 Å². The van der Waals surface area contributed by atoms with Gasteiger partial charge in [-0.3, -0.25) is 0 Å². The number of hydrogen-bond acceptors (Lipinski definition) is 1. The van der Waals surface area contributed by atoms with Crippen LogP contribution in [0.15, 0.2) is 0 Å². The molecule has 0 bridgehead atoms. The van der Waals surface area contributed by atoms with Gasteiger partial charge in [0.15, 0.2) is 0 Å². The molecule has 0 radical (unpaired) electrons. The van der Waals surface area contributed by atoms with Crippen LogP contribution in [0.25, 0.3) is 0 Å². The van der Waals surface area contributed by atoms with E-state index in [-0.39, 0.29) is 5.48 Å². The van der Waals surface area contributed by atoms with Gasteiger partial charge < -0.3 is 10.3 Å². The molecule has 0 spiro atoms. The van der Waals surface area contributed by atoms with Crippen LogP contribution in [-0.4, -0.2) is 11.8 Å². The Morgan fingerprint density at radius 1 is 1.57 bits per heavy atom. The minimum atomic E-state index is 0. The zero-order valence-corrected chi connectivity index (χ0v) is 4.77. The molecule has 0 saturated heterocycles. The molecule has 0 aliphatic heterocycles. The van der Waals surface area contributed by atoms with Gasteiger partial charge in [0, 0.05) is 6.42 Å². The quantitative estimate of drug-likeness (QED) is 0.468. The standard InChI is InChI=1S/C5H10O.H2O/c1-5(2)3-4-6;/h4-5H,3H2,1-2H3;1H2. The number of rotatable bonds is 2. The summed E-state index contributed by atoms with van der Waals surface area (Å²) in [5, 5.41) is 0. The van der Waals surface area contributed by atoms with Gasteiger partial charge in [-0.05, 0) is 5.92 Å². The van der Waals surface area contributed by atoms with Crippen LogP contribution in [0, 0.1) is 5.92 Å². The van der Waals surface area contributed by atoms with Crippen LogP contribution < -0.4 is 0 Å². The lowest BCUT2D eigenvalue weighted by Gasteiger charge is -1.89. The van der Waals surface area contributed by atoms with Crippen molar-refractivity contribution in [2.75, 3.05) is 0 Å². The first kappa shape index (κ1) is 9.80. The van der Waals surface area contributed by atoms with Gasteiger partial charge in [-0.1, -0.05) is 13.8 Å². The first-order chi connectivity index (χ1) is 2.77. The van der Waals surface area contributed by atoms with Crippen molar-refractivity contribution in [1.82, 2.24) is 0 Å². The second-order valence-corrected chi connectivity index (χ2v) is 1.80. The van der Waals surface area contributed by atoms with Gasteiger partial charge in [-0.2, -0.15) is 0 Å². The summed E-state index contributed by atoms with van der Waals surface area (Å²) in [6.07, 6.45) is 1.64.